The highest BCUT2D eigenvalue weighted by atomic mass is 32.1. The lowest BCUT2D eigenvalue weighted by Gasteiger charge is -2.17. The maximum absolute atomic E-state index is 12.6. The zero-order valence-corrected chi connectivity index (χ0v) is 14.3. The Hall–Kier alpha value is -2.12. The lowest BCUT2D eigenvalue weighted by Crippen LogP contribution is -2.30. The fourth-order valence-corrected chi connectivity index (χ4v) is 3.09. The molecule has 1 aliphatic rings. The molecule has 1 fully saturated rings. The van der Waals surface area contributed by atoms with Crippen molar-refractivity contribution >= 4 is 17.2 Å². The van der Waals surface area contributed by atoms with Gasteiger partial charge in [0.1, 0.15) is 18.5 Å². The van der Waals surface area contributed by atoms with Crippen molar-refractivity contribution in [2.75, 3.05) is 33.4 Å². The van der Waals surface area contributed by atoms with E-state index < -0.39 is 0 Å². The van der Waals surface area contributed by atoms with Gasteiger partial charge in [0, 0.05) is 37.2 Å². The molecule has 0 saturated carbocycles. The Morgan fingerprint density at radius 1 is 1.33 bits per heavy atom. The van der Waals surface area contributed by atoms with E-state index in [2.05, 4.69) is 4.98 Å². The van der Waals surface area contributed by atoms with Gasteiger partial charge in [-0.25, -0.2) is 4.98 Å². The Balaban J connectivity index is 1.52. The van der Waals surface area contributed by atoms with E-state index in [0.29, 0.717) is 37.1 Å². The number of aromatic nitrogens is 1. The van der Waals surface area contributed by atoms with E-state index in [1.54, 1.807) is 25.4 Å². The monoisotopic (exact) mass is 348 g/mol. The lowest BCUT2D eigenvalue weighted by atomic mass is 10.2. The van der Waals surface area contributed by atoms with Crippen molar-refractivity contribution in [1.82, 2.24) is 9.88 Å². The van der Waals surface area contributed by atoms with E-state index in [1.165, 1.54) is 11.3 Å². The summed E-state index contributed by atoms with van der Waals surface area (Å²) in [7, 11) is 1.63. The van der Waals surface area contributed by atoms with Crippen LogP contribution in [0.1, 0.15) is 16.8 Å². The summed E-state index contributed by atoms with van der Waals surface area (Å²) in [6.07, 6.45) is 2.55. The Labute approximate surface area is 145 Å². The highest BCUT2D eigenvalue weighted by Gasteiger charge is 2.28. The first-order chi connectivity index (χ1) is 11.8. The van der Waals surface area contributed by atoms with Crippen LogP contribution in [0.25, 0.3) is 0 Å². The van der Waals surface area contributed by atoms with E-state index in [4.69, 9.17) is 14.2 Å². The van der Waals surface area contributed by atoms with Crippen molar-refractivity contribution in [3.63, 3.8) is 0 Å². The summed E-state index contributed by atoms with van der Waals surface area (Å²) in [5, 5.41) is 2.54. The quantitative estimate of drug-likeness (QED) is 0.720. The standard InChI is InChI=1S/C17H20N2O4S/c1-21-9-10-22-14-4-2-13(3-5-14)16(20)19-8-6-15(12-19)23-17-18-7-11-24-17/h2-5,7,11,15H,6,8-10,12H2,1H3. The van der Waals surface area contributed by atoms with Crippen LogP contribution in [0, 0.1) is 0 Å². The van der Waals surface area contributed by atoms with Crippen molar-refractivity contribution in [3.05, 3.63) is 41.4 Å². The highest BCUT2D eigenvalue weighted by molar-refractivity contribution is 7.11. The van der Waals surface area contributed by atoms with Crippen molar-refractivity contribution in [1.29, 1.82) is 0 Å². The van der Waals surface area contributed by atoms with Gasteiger partial charge in [-0.1, -0.05) is 11.3 Å². The topological polar surface area (TPSA) is 60.9 Å². The van der Waals surface area contributed by atoms with Gasteiger partial charge >= 0.3 is 0 Å². The van der Waals surface area contributed by atoms with Gasteiger partial charge in [0.15, 0.2) is 0 Å². The average Bonchev–Trinajstić information content (AvgIpc) is 3.28. The molecule has 0 aliphatic carbocycles. The minimum atomic E-state index is 0.0109. The van der Waals surface area contributed by atoms with E-state index in [9.17, 15) is 4.79 Å². The van der Waals surface area contributed by atoms with Gasteiger partial charge in [-0.05, 0) is 24.3 Å². The molecule has 1 aromatic carbocycles. The number of benzene rings is 1. The molecule has 1 aromatic heterocycles. The molecule has 1 aliphatic heterocycles. The Kier molecular flexibility index (Phi) is 5.66. The Morgan fingerprint density at radius 2 is 2.17 bits per heavy atom. The number of amides is 1. The minimum absolute atomic E-state index is 0.0109. The van der Waals surface area contributed by atoms with Crippen molar-refractivity contribution < 1.29 is 19.0 Å². The van der Waals surface area contributed by atoms with E-state index >= 15 is 0 Å². The second kappa shape index (κ2) is 8.12. The minimum Gasteiger partial charge on any atom is -0.491 e. The summed E-state index contributed by atoms with van der Waals surface area (Å²) in [5.74, 6) is 0.749. The third kappa shape index (κ3) is 4.24. The molecule has 6 nitrogen and oxygen atoms in total. The van der Waals surface area contributed by atoms with Crippen LogP contribution >= 0.6 is 11.3 Å². The molecular formula is C17H20N2O4S. The molecular weight excluding hydrogens is 328 g/mol. The maximum atomic E-state index is 12.6. The number of hydrogen-bond acceptors (Lipinski definition) is 6. The van der Waals surface area contributed by atoms with Gasteiger partial charge in [0.25, 0.3) is 11.1 Å². The Morgan fingerprint density at radius 3 is 2.88 bits per heavy atom. The molecule has 0 radical (unpaired) electrons. The summed E-state index contributed by atoms with van der Waals surface area (Å²) in [5.41, 5.74) is 0.656. The predicted octanol–water partition coefficient (Wildman–Crippen LogP) is 2.46. The highest BCUT2D eigenvalue weighted by Crippen LogP contribution is 2.22. The molecule has 2 aromatic rings. The molecule has 128 valence electrons. The summed E-state index contributed by atoms with van der Waals surface area (Å²) >= 11 is 1.47. The van der Waals surface area contributed by atoms with Gasteiger partial charge in [-0.3, -0.25) is 4.79 Å². The number of nitrogens with zero attached hydrogens (tertiary/aromatic N) is 2. The summed E-state index contributed by atoms with van der Waals surface area (Å²) in [6.45, 7) is 2.31. The molecule has 24 heavy (non-hydrogen) atoms. The first-order valence-electron chi connectivity index (χ1n) is 7.83. The summed E-state index contributed by atoms with van der Waals surface area (Å²) < 4.78 is 16.2. The summed E-state index contributed by atoms with van der Waals surface area (Å²) in [6, 6.07) is 7.20. The largest absolute Gasteiger partial charge is 0.491 e. The van der Waals surface area contributed by atoms with Crippen LogP contribution < -0.4 is 9.47 Å². The van der Waals surface area contributed by atoms with Crippen LogP contribution in [0.5, 0.6) is 10.9 Å². The van der Waals surface area contributed by atoms with Crippen molar-refractivity contribution in [2.24, 2.45) is 0 Å². The smallest absolute Gasteiger partial charge is 0.273 e. The molecule has 7 heteroatoms. The van der Waals surface area contributed by atoms with Gasteiger partial charge in [0.05, 0.1) is 13.2 Å². The predicted molar refractivity (Wildman–Crippen MR) is 90.9 cm³/mol. The van der Waals surface area contributed by atoms with Crippen LogP contribution in [0.15, 0.2) is 35.8 Å². The number of rotatable bonds is 7. The molecule has 1 atom stereocenters. The number of likely N-dealkylation sites (tertiary alicyclic amines) is 1. The normalized spacial score (nSPS) is 17.0. The third-order valence-corrected chi connectivity index (χ3v) is 4.43. The molecule has 0 N–H and O–H groups in total. The molecule has 1 amide bonds. The van der Waals surface area contributed by atoms with Gasteiger partial charge < -0.3 is 19.1 Å². The number of carbonyl (C=O) groups is 1. The van der Waals surface area contributed by atoms with Gasteiger partial charge in [-0.2, -0.15) is 0 Å². The summed E-state index contributed by atoms with van der Waals surface area (Å²) in [4.78, 5) is 18.5. The first-order valence-corrected chi connectivity index (χ1v) is 8.71. The van der Waals surface area contributed by atoms with Crippen LogP contribution in [0.4, 0.5) is 0 Å². The fraction of sp³-hybridized carbons (Fsp3) is 0.412. The van der Waals surface area contributed by atoms with Crippen molar-refractivity contribution in [2.45, 2.75) is 12.5 Å². The Bertz CT molecular complexity index is 645. The molecule has 0 spiro atoms. The number of hydrogen-bond donors (Lipinski definition) is 0. The van der Waals surface area contributed by atoms with E-state index in [1.807, 2.05) is 22.4 Å². The molecule has 1 saturated heterocycles. The van der Waals surface area contributed by atoms with Crippen LogP contribution in [0.2, 0.25) is 0 Å². The van der Waals surface area contributed by atoms with Crippen LogP contribution in [-0.2, 0) is 4.74 Å². The van der Waals surface area contributed by atoms with Gasteiger partial charge in [0.2, 0.25) is 0 Å². The maximum Gasteiger partial charge on any atom is 0.273 e. The lowest BCUT2D eigenvalue weighted by molar-refractivity contribution is 0.0772. The molecule has 3 rings (SSSR count). The number of ether oxygens (including phenoxy) is 3. The second-order valence-corrected chi connectivity index (χ2v) is 6.30. The second-order valence-electron chi connectivity index (χ2n) is 5.44. The molecule has 0 bridgehead atoms. The molecule has 1 unspecified atom stereocenters. The van der Waals surface area contributed by atoms with Crippen molar-refractivity contribution in [3.8, 4) is 10.9 Å². The fourth-order valence-electron chi connectivity index (χ4n) is 2.54. The number of methoxy groups -OCH3 is 1. The SMILES string of the molecule is COCCOc1ccc(C(=O)N2CCC(Oc3nccs3)C2)cc1. The number of thiazole rings is 1. The van der Waals surface area contributed by atoms with E-state index in [0.717, 1.165) is 12.2 Å². The average molecular weight is 348 g/mol. The van der Waals surface area contributed by atoms with Crippen LogP contribution in [0.3, 0.4) is 0 Å². The third-order valence-electron chi connectivity index (χ3n) is 3.77. The zero-order valence-electron chi connectivity index (χ0n) is 13.5. The molecule has 2 heterocycles. The first kappa shape index (κ1) is 16.7. The zero-order chi connectivity index (χ0) is 16.8. The number of carbonyl (C=O) groups excluding carboxylic acids is 1. The van der Waals surface area contributed by atoms with Gasteiger partial charge in [-0.15, -0.1) is 0 Å². The van der Waals surface area contributed by atoms with E-state index in [-0.39, 0.29) is 12.0 Å². The van der Waals surface area contributed by atoms with Crippen LogP contribution in [-0.4, -0.2) is 55.3 Å².